The number of rotatable bonds is 6. The highest BCUT2D eigenvalue weighted by Crippen LogP contribution is 2.29. The van der Waals surface area contributed by atoms with Gasteiger partial charge >= 0.3 is 0 Å². The van der Waals surface area contributed by atoms with Crippen molar-refractivity contribution in [2.24, 2.45) is 7.05 Å². The molecule has 0 bridgehead atoms. The van der Waals surface area contributed by atoms with Crippen LogP contribution in [0.2, 0.25) is 0 Å². The zero-order valence-corrected chi connectivity index (χ0v) is 19.0. The highest BCUT2D eigenvalue weighted by atomic mass is 32.2. The minimum absolute atomic E-state index is 0.0360. The Kier molecular flexibility index (Phi) is 5.83. The lowest BCUT2D eigenvalue weighted by Gasteiger charge is -2.28. The van der Waals surface area contributed by atoms with Crippen LogP contribution in [0.3, 0.4) is 0 Å². The summed E-state index contributed by atoms with van der Waals surface area (Å²) in [5, 5.41) is 5.23. The van der Waals surface area contributed by atoms with Crippen LogP contribution in [0.1, 0.15) is 42.2 Å². The molecule has 1 saturated heterocycles. The van der Waals surface area contributed by atoms with Gasteiger partial charge in [0.15, 0.2) is 15.5 Å². The molecule has 0 radical (unpaired) electrons. The second kappa shape index (κ2) is 8.42. The molecule has 4 rings (SSSR count). The van der Waals surface area contributed by atoms with Crippen LogP contribution in [-0.2, 0) is 16.9 Å². The maximum atomic E-state index is 13.9. The Morgan fingerprint density at radius 1 is 1.26 bits per heavy atom. The Morgan fingerprint density at radius 2 is 2.00 bits per heavy atom. The van der Waals surface area contributed by atoms with Crippen molar-refractivity contribution in [1.29, 1.82) is 0 Å². The minimum atomic E-state index is -3.10. The number of carbonyl (C=O) groups is 1. The van der Waals surface area contributed by atoms with E-state index in [9.17, 15) is 13.2 Å². The van der Waals surface area contributed by atoms with Gasteiger partial charge in [-0.25, -0.2) is 13.4 Å². The summed E-state index contributed by atoms with van der Waals surface area (Å²) >= 11 is 0. The van der Waals surface area contributed by atoms with Crippen LogP contribution in [0.15, 0.2) is 36.4 Å². The van der Waals surface area contributed by atoms with E-state index in [0.29, 0.717) is 29.9 Å². The maximum absolute atomic E-state index is 13.9. The molecule has 2 aromatic heterocycles. The molecular formula is C23H28N4O3S. The van der Waals surface area contributed by atoms with Crippen LogP contribution in [0.25, 0.3) is 22.3 Å². The molecule has 1 fully saturated rings. The van der Waals surface area contributed by atoms with E-state index < -0.39 is 9.84 Å². The van der Waals surface area contributed by atoms with Crippen LogP contribution in [0, 0.1) is 6.92 Å². The molecule has 1 amide bonds. The third kappa shape index (κ3) is 4.21. The van der Waals surface area contributed by atoms with Gasteiger partial charge in [0, 0.05) is 25.2 Å². The van der Waals surface area contributed by atoms with Gasteiger partial charge in [0.1, 0.15) is 0 Å². The number of hydrogen-bond acceptors (Lipinski definition) is 5. The summed E-state index contributed by atoms with van der Waals surface area (Å²) in [6.45, 7) is 4.48. The molecule has 0 aliphatic carbocycles. The SMILES string of the molecule is CCCCN(C(=O)c1cc(-c2ccccc2)nc2c1c(C)nn2C)C1CCS(=O)(=O)C1. The van der Waals surface area contributed by atoms with Gasteiger partial charge in [-0.05, 0) is 25.8 Å². The van der Waals surface area contributed by atoms with Gasteiger partial charge in [0.25, 0.3) is 5.91 Å². The van der Waals surface area contributed by atoms with Gasteiger partial charge in [-0.15, -0.1) is 0 Å². The number of aromatic nitrogens is 3. The van der Waals surface area contributed by atoms with Crippen molar-refractivity contribution < 1.29 is 13.2 Å². The first-order valence-electron chi connectivity index (χ1n) is 10.7. The maximum Gasteiger partial charge on any atom is 0.255 e. The van der Waals surface area contributed by atoms with Crippen molar-refractivity contribution >= 4 is 26.8 Å². The van der Waals surface area contributed by atoms with Crippen LogP contribution < -0.4 is 0 Å². The highest BCUT2D eigenvalue weighted by Gasteiger charge is 2.35. The third-order valence-electron chi connectivity index (χ3n) is 5.93. The van der Waals surface area contributed by atoms with Gasteiger partial charge in [-0.2, -0.15) is 5.10 Å². The average Bonchev–Trinajstić information content (AvgIpc) is 3.26. The number of unbranched alkanes of at least 4 members (excludes halogenated alkanes) is 1. The lowest BCUT2D eigenvalue weighted by atomic mass is 10.0. The van der Waals surface area contributed by atoms with E-state index in [-0.39, 0.29) is 23.5 Å². The summed E-state index contributed by atoms with van der Waals surface area (Å²) < 4.78 is 26.0. The zero-order valence-electron chi connectivity index (χ0n) is 18.2. The summed E-state index contributed by atoms with van der Waals surface area (Å²) in [6, 6.07) is 11.3. The number of hydrogen-bond donors (Lipinski definition) is 0. The fourth-order valence-electron chi connectivity index (χ4n) is 4.32. The average molecular weight is 441 g/mol. The normalized spacial score (nSPS) is 17.8. The second-order valence-electron chi connectivity index (χ2n) is 8.24. The van der Waals surface area contributed by atoms with E-state index in [1.165, 1.54) is 0 Å². The van der Waals surface area contributed by atoms with Gasteiger partial charge in [0.05, 0.1) is 33.8 Å². The fourth-order valence-corrected chi connectivity index (χ4v) is 6.06. The van der Waals surface area contributed by atoms with Crippen LogP contribution >= 0.6 is 0 Å². The van der Waals surface area contributed by atoms with Crippen molar-refractivity contribution in [1.82, 2.24) is 19.7 Å². The Bertz CT molecular complexity index is 1220. The van der Waals surface area contributed by atoms with Crippen molar-refractivity contribution in [3.63, 3.8) is 0 Å². The standard InChI is InChI=1S/C23H28N4O3S/c1-4-5-12-27(18-11-13-31(29,30)15-18)23(28)19-14-20(17-9-7-6-8-10-17)24-22-21(19)16(2)25-26(22)3/h6-10,14,18H,4-5,11-13,15H2,1-3H3. The lowest BCUT2D eigenvalue weighted by Crippen LogP contribution is -2.42. The molecular weight excluding hydrogens is 412 g/mol. The molecule has 1 aromatic carbocycles. The highest BCUT2D eigenvalue weighted by molar-refractivity contribution is 7.91. The first kappa shape index (κ1) is 21.5. The van der Waals surface area contributed by atoms with Gasteiger partial charge in [0.2, 0.25) is 0 Å². The van der Waals surface area contributed by atoms with E-state index in [2.05, 4.69) is 12.0 Å². The number of fused-ring (bicyclic) bond motifs is 1. The van der Waals surface area contributed by atoms with E-state index in [0.717, 1.165) is 29.5 Å². The van der Waals surface area contributed by atoms with Crippen LogP contribution in [0.5, 0.6) is 0 Å². The number of benzene rings is 1. The van der Waals surface area contributed by atoms with Gasteiger partial charge in [-0.1, -0.05) is 43.7 Å². The summed E-state index contributed by atoms with van der Waals surface area (Å²) in [7, 11) is -1.28. The van der Waals surface area contributed by atoms with E-state index >= 15 is 0 Å². The number of amides is 1. The van der Waals surface area contributed by atoms with Gasteiger partial charge in [-0.3, -0.25) is 9.48 Å². The van der Waals surface area contributed by atoms with Crippen LogP contribution in [0.4, 0.5) is 0 Å². The molecule has 0 spiro atoms. The summed E-state index contributed by atoms with van der Waals surface area (Å²) in [5.74, 6) is 0.0330. The molecule has 1 unspecified atom stereocenters. The van der Waals surface area contributed by atoms with Crippen LogP contribution in [-0.4, -0.2) is 58.1 Å². The topological polar surface area (TPSA) is 85.2 Å². The lowest BCUT2D eigenvalue weighted by molar-refractivity contribution is 0.0696. The Labute approximate surface area is 183 Å². The smallest absolute Gasteiger partial charge is 0.255 e. The number of pyridine rings is 1. The Balaban J connectivity index is 1.85. The van der Waals surface area contributed by atoms with Crippen molar-refractivity contribution in [2.45, 2.75) is 39.2 Å². The van der Waals surface area contributed by atoms with Crippen molar-refractivity contribution in [3.8, 4) is 11.3 Å². The number of aryl methyl sites for hydroxylation is 2. The molecule has 3 heterocycles. The Hall–Kier alpha value is -2.74. The van der Waals surface area contributed by atoms with E-state index in [1.807, 2.05) is 50.4 Å². The molecule has 1 atom stereocenters. The molecule has 0 saturated carbocycles. The minimum Gasteiger partial charge on any atom is -0.335 e. The fraction of sp³-hybridized carbons (Fsp3) is 0.435. The van der Waals surface area contributed by atoms with Crippen molar-refractivity contribution in [2.75, 3.05) is 18.1 Å². The van der Waals surface area contributed by atoms with E-state index in [4.69, 9.17) is 4.98 Å². The van der Waals surface area contributed by atoms with E-state index in [1.54, 1.807) is 9.58 Å². The summed E-state index contributed by atoms with van der Waals surface area (Å²) in [5.41, 5.74) is 3.55. The molecule has 8 heteroatoms. The number of nitrogens with zero attached hydrogens (tertiary/aromatic N) is 4. The first-order chi connectivity index (χ1) is 14.8. The predicted octanol–water partition coefficient (Wildman–Crippen LogP) is 3.37. The monoisotopic (exact) mass is 440 g/mol. The van der Waals surface area contributed by atoms with Gasteiger partial charge < -0.3 is 4.90 Å². The molecule has 0 N–H and O–H groups in total. The summed E-state index contributed by atoms with van der Waals surface area (Å²) in [4.78, 5) is 20.4. The third-order valence-corrected chi connectivity index (χ3v) is 7.68. The quantitative estimate of drug-likeness (QED) is 0.587. The molecule has 7 nitrogen and oxygen atoms in total. The van der Waals surface area contributed by atoms with Crippen molar-refractivity contribution in [3.05, 3.63) is 47.7 Å². The Morgan fingerprint density at radius 3 is 2.65 bits per heavy atom. The molecule has 164 valence electrons. The largest absolute Gasteiger partial charge is 0.335 e. The number of carbonyl (C=O) groups excluding carboxylic acids is 1. The molecule has 3 aromatic rings. The predicted molar refractivity (Wildman–Crippen MR) is 122 cm³/mol. The second-order valence-corrected chi connectivity index (χ2v) is 10.5. The molecule has 1 aliphatic heterocycles. The first-order valence-corrected chi connectivity index (χ1v) is 12.5. The zero-order chi connectivity index (χ0) is 22.2. The molecule has 31 heavy (non-hydrogen) atoms. The summed E-state index contributed by atoms with van der Waals surface area (Å²) in [6.07, 6.45) is 2.24. The molecule has 1 aliphatic rings. The number of sulfone groups is 1.